The van der Waals surface area contributed by atoms with Crippen LogP contribution in [0.2, 0.25) is 0 Å². The summed E-state index contributed by atoms with van der Waals surface area (Å²) in [7, 11) is -1.87. The summed E-state index contributed by atoms with van der Waals surface area (Å²) >= 11 is 3.28. The number of nitrogens with one attached hydrogen (secondary N) is 1. The van der Waals surface area contributed by atoms with Gasteiger partial charge in [0.2, 0.25) is 15.9 Å². The van der Waals surface area contributed by atoms with E-state index in [1.165, 1.54) is 0 Å². The van der Waals surface area contributed by atoms with Gasteiger partial charge in [-0.05, 0) is 35.8 Å². The van der Waals surface area contributed by atoms with Crippen molar-refractivity contribution in [3.63, 3.8) is 0 Å². The molecule has 0 saturated heterocycles. The molecule has 1 N–H and O–H groups in total. The van der Waals surface area contributed by atoms with Crippen molar-refractivity contribution in [2.75, 3.05) is 24.9 Å². The lowest BCUT2D eigenvalue weighted by Gasteiger charge is -2.16. The Labute approximate surface area is 132 Å². The molecule has 1 atom stereocenters. The molecule has 21 heavy (non-hydrogen) atoms. The van der Waals surface area contributed by atoms with E-state index in [1.807, 2.05) is 6.92 Å². The molecule has 2 rings (SSSR count). The van der Waals surface area contributed by atoms with Gasteiger partial charge in [0, 0.05) is 17.7 Å². The SMILES string of the molecule is CCOc1ncc(Br)cc1NS(=O)(=O)C1CN(C)N=C1C. The van der Waals surface area contributed by atoms with Gasteiger partial charge < -0.3 is 4.74 Å². The van der Waals surface area contributed by atoms with Crippen LogP contribution in [0.5, 0.6) is 5.88 Å². The van der Waals surface area contributed by atoms with Gasteiger partial charge in [-0.25, -0.2) is 13.4 Å². The van der Waals surface area contributed by atoms with Crippen LogP contribution in [0.15, 0.2) is 21.8 Å². The molecule has 1 aromatic heterocycles. The Balaban J connectivity index is 2.29. The fourth-order valence-electron chi connectivity index (χ4n) is 2.05. The van der Waals surface area contributed by atoms with Crippen LogP contribution in [-0.4, -0.2) is 49.6 Å². The zero-order valence-corrected chi connectivity index (χ0v) is 14.4. The second-order valence-corrected chi connectivity index (χ2v) is 7.44. The van der Waals surface area contributed by atoms with E-state index in [9.17, 15) is 8.42 Å². The van der Waals surface area contributed by atoms with E-state index in [2.05, 4.69) is 30.7 Å². The predicted octanol–water partition coefficient (Wildman–Crippen LogP) is 1.67. The number of ether oxygens (including phenoxy) is 1. The van der Waals surface area contributed by atoms with E-state index in [-0.39, 0.29) is 5.88 Å². The zero-order valence-electron chi connectivity index (χ0n) is 12.0. The Morgan fingerprint density at radius 3 is 2.86 bits per heavy atom. The summed E-state index contributed by atoms with van der Waals surface area (Å²) in [5, 5.41) is 5.06. The summed E-state index contributed by atoms with van der Waals surface area (Å²) in [5.74, 6) is 0.255. The molecule has 2 heterocycles. The summed E-state index contributed by atoms with van der Waals surface area (Å²) in [6.45, 7) is 4.24. The smallest absolute Gasteiger partial charge is 0.243 e. The van der Waals surface area contributed by atoms with Crippen LogP contribution in [0.4, 0.5) is 5.69 Å². The lowest BCUT2D eigenvalue weighted by Crippen LogP contribution is -2.35. The number of halogens is 1. The second kappa shape index (κ2) is 6.18. The van der Waals surface area contributed by atoms with E-state index in [1.54, 1.807) is 31.2 Å². The van der Waals surface area contributed by atoms with Gasteiger partial charge in [-0.3, -0.25) is 9.73 Å². The molecule has 1 aliphatic rings. The van der Waals surface area contributed by atoms with Crippen molar-refractivity contribution in [2.45, 2.75) is 19.1 Å². The number of hydrazone groups is 1. The maximum absolute atomic E-state index is 12.5. The summed E-state index contributed by atoms with van der Waals surface area (Å²) in [6, 6.07) is 1.63. The topological polar surface area (TPSA) is 83.9 Å². The fourth-order valence-corrected chi connectivity index (χ4v) is 3.88. The van der Waals surface area contributed by atoms with Crippen molar-refractivity contribution < 1.29 is 13.2 Å². The largest absolute Gasteiger partial charge is 0.476 e. The number of sulfonamides is 1. The molecule has 7 nitrogen and oxygen atoms in total. The van der Waals surface area contributed by atoms with Crippen molar-refractivity contribution in [3.8, 4) is 5.88 Å². The third-order valence-electron chi connectivity index (χ3n) is 2.95. The van der Waals surface area contributed by atoms with Gasteiger partial charge >= 0.3 is 0 Å². The monoisotopic (exact) mass is 376 g/mol. The summed E-state index contributed by atoms with van der Waals surface area (Å²) in [4.78, 5) is 4.08. The predicted molar refractivity (Wildman–Crippen MR) is 85.2 cm³/mol. The molecular weight excluding hydrogens is 360 g/mol. The first-order valence-electron chi connectivity index (χ1n) is 6.39. The Hall–Kier alpha value is -1.35. The normalized spacial score (nSPS) is 18.6. The zero-order chi connectivity index (χ0) is 15.6. The number of aromatic nitrogens is 1. The Morgan fingerprint density at radius 1 is 1.57 bits per heavy atom. The van der Waals surface area contributed by atoms with Crippen LogP contribution in [0.3, 0.4) is 0 Å². The van der Waals surface area contributed by atoms with Crippen LogP contribution in [0.1, 0.15) is 13.8 Å². The molecule has 1 aromatic rings. The molecule has 0 radical (unpaired) electrons. The highest BCUT2D eigenvalue weighted by atomic mass is 79.9. The van der Waals surface area contributed by atoms with Crippen LogP contribution < -0.4 is 9.46 Å². The third-order valence-corrected chi connectivity index (χ3v) is 5.13. The average Bonchev–Trinajstić information content (AvgIpc) is 2.72. The first-order valence-corrected chi connectivity index (χ1v) is 8.73. The van der Waals surface area contributed by atoms with Gasteiger partial charge in [0.15, 0.2) is 0 Å². The quantitative estimate of drug-likeness (QED) is 0.844. The molecule has 0 saturated carbocycles. The first-order chi connectivity index (χ1) is 9.83. The van der Waals surface area contributed by atoms with Crippen molar-refractivity contribution in [1.29, 1.82) is 0 Å². The highest BCUT2D eigenvalue weighted by Gasteiger charge is 2.34. The van der Waals surface area contributed by atoms with E-state index in [0.717, 1.165) is 0 Å². The summed E-state index contributed by atoms with van der Waals surface area (Å²) < 4.78 is 33.6. The Kier molecular flexibility index (Phi) is 4.72. The molecular formula is C12H17BrN4O3S. The average molecular weight is 377 g/mol. The number of pyridine rings is 1. The maximum atomic E-state index is 12.5. The summed E-state index contributed by atoms with van der Waals surface area (Å²) in [6.07, 6.45) is 1.55. The van der Waals surface area contributed by atoms with E-state index in [4.69, 9.17) is 4.74 Å². The van der Waals surface area contributed by atoms with Crippen LogP contribution in [0.25, 0.3) is 0 Å². The van der Waals surface area contributed by atoms with Crippen LogP contribution in [0, 0.1) is 0 Å². The number of hydrogen-bond donors (Lipinski definition) is 1. The molecule has 0 aliphatic carbocycles. The van der Waals surface area contributed by atoms with Crippen LogP contribution in [-0.2, 0) is 10.0 Å². The fraction of sp³-hybridized carbons (Fsp3) is 0.500. The second-order valence-electron chi connectivity index (χ2n) is 4.66. The van der Waals surface area contributed by atoms with Crippen LogP contribution >= 0.6 is 15.9 Å². The molecule has 0 aromatic carbocycles. The molecule has 0 spiro atoms. The minimum absolute atomic E-state index is 0.255. The van der Waals surface area contributed by atoms with Gasteiger partial charge in [0.25, 0.3) is 0 Å². The van der Waals surface area contributed by atoms with Gasteiger partial charge in [-0.2, -0.15) is 5.10 Å². The van der Waals surface area contributed by atoms with Crippen molar-refractivity contribution >= 4 is 37.4 Å². The van der Waals surface area contributed by atoms with Gasteiger partial charge in [-0.1, -0.05) is 0 Å². The van der Waals surface area contributed by atoms with E-state index in [0.29, 0.717) is 29.0 Å². The van der Waals surface area contributed by atoms with E-state index >= 15 is 0 Å². The number of nitrogens with zero attached hydrogens (tertiary/aromatic N) is 3. The molecule has 116 valence electrons. The number of hydrogen-bond acceptors (Lipinski definition) is 6. The molecule has 0 amide bonds. The Bertz CT molecular complexity index is 662. The highest BCUT2D eigenvalue weighted by molar-refractivity contribution is 9.10. The molecule has 9 heteroatoms. The van der Waals surface area contributed by atoms with Crippen molar-refractivity contribution in [3.05, 3.63) is 16.7 Å². The van der Waals surface area contributed by atoms with Gasteiger partial charge in [-0.15, -0.1) is 0 Å². The van der Waals surface area contributed by atoms with E-state index < -0.39 is 15.3 Å². The molecule has 1 unspecified atom stereocenters. The van der Waals surface area contributed by atoms with Gasteiger partial charge in [0.05, 0.1) is 18.9 Å². The first kappa shape index (κ1) is 16.0. The Morgan fingerprint density at radius 2 is 2.29 bits per heavy atom. The molecule has 0 bridgehead atoms. The minimum atomic E-state index is -3.62. The van der Waals surface area contributed by atoms with Crippen molar-refractivity contribution in [1.82, 2.24) is 9.99 Å². The third kappa shape index (κ3) is 3.65. The van der Waals surface area contributed by atoms with Crippen molar-refractivity contribution in [2.24, 2.45) is 5.10 Å². The molecule has 1 aliphatic heterocycles. The number of rotatable bonds is 5. The lowest BCUT2D eigenvalue weighted by molar-refractivity contribution is 0.328. The molecule has 0 fully saturated rings. The standard InChI is InChI=1S/C12H17BrN4O3S/c1-4-20-12-10(5-9(13)6-14-12)16-21(18,19)11-7-17(3)15-8(11)2/h5-6,11,16H,4,7H2,1-3H3. The lowest BCUT2D eigenvalue weighted by atomic mass is 10.3. The summed E-state index contributed by atoms with van der Waals surface area (Å²) in [5.41, 5.74) is 0.875. The maximum Gasteiger partial charge on any atom is 0.243 e. The highest BCUT2D eigenvalue weighted by Crippen LogP contribution is 2.27. The van der Waals surface area contributed by atoms with Gasteiger partial charge in [0.1, 0.15) is 10.9 Å². The minimum Gasteiger partial charge on any atom is -0.476 e. The number of anilines is 1.